The minimum Gasteiger partial charge on any atom is -0.293 e. The third-order valence-corrected chi connectivity index (χ3v) is 7.09. The monoisotopic (exact) mass is 421 g/mol. The maximum absolute atomic E-state index is 13.5. The lowest BCUT2D eigenvalue weighted by Crippen LogP contribution is -2.20. The van der Waals surface area contributed by atoms with Crippen molar-refractivity contribution in [2.75, 3.05) is 0 Å². The van der Waals surface area contributed by atoms with Crippen molar-refractivity contribution in [3.8, 4) is 0 Å². The quantitative estimate of drug-likeness (QED) is 0.313. The van der Waals surface area contributed by atoms with Crippen LogP contribution in [0.5, 0.6) is 0 Å². The first-order chi connectivity index (χ1) is 15.8. The predicted octanol–water partition coefficient (Wildman–Crippen LogP) is 6.69. The van der Waals surface area contributed by atoms with Crippen LogP contribution in [-0.2, 0) is 4.79 Å². The van der Waals surface area contributed by atoms with Crippen LogP contribution in [0.1, 0.15) is 54.8 Å². The maximum atomic E-state index is 13.5. The molecule has 0 amide bonds. The molecule has 1 saturated heterocycles. The molecule has 1 aliphatic carbocycles. The number of rotatable bonds is 7. The largest absolute Gasteiger partial charge is 0.293 e. The summed E-state index contributed by atoms with van der Waals surface area (Å²) in [4.78, 5) is 16.0. The van der Waals surface area contributed by atoms with E-state index in [4.69, 9.17) is 0 Å². The Morgan fingerprint density at radius 3 is 1.84 bits per heavy atom. The Balaban J connectivity index is 1.48. The Hall–Kier alpha value is -2.97. The first kappa shape index (κ1) is 20.9. The summed E-state index contributed by atoms with van der Waals surface area (Å²) in [7, 11) is 0. The van der Waals surface area contributed by atoms with Crippen molar-refractivity contribution in [3.05, 3.63) is 114 Å². The SMILES string of the molecule is O=C(/C=C/c1ccccc1)C1C(C2CCCCC2)N1C(c1ccccc1)c1ccccc1. The molecule has 0 aromatic heterocycles. The van der Waals surface area contributed by atoms with Gasteiger partial charge in [0.2, 0.25) is 0 Å². The van der Waals surface area contributed by atoms with Gasteiger partial charge in [-0.25, -0.2) is 0 Å². The Labute approximate surface area is 191 Å². The van der Waals surface area contributed by atoms with E-state index in [1.807, 2.05) is 42.5 Å². The summed E-state index contributed by atoms with van der Waals surface area (Å²) in [6.07, 6.45) is 10.2. The second-order valence-corrected chi connectivity index (χ2v) is 9.15. The normalized spacial score (nSPS) is 23.5. The third kappa shape index (κ3) is 4.47. The molecule has 32 heavy (non-hydrogen) atoms. The molecule has 0 N–H and O–H groups in total. The molecule has 1 heterocycles. The Kier molecular flexibility index (Phi) is 6.31. The van der Waals surface area contributed by atoms with Crippen LogP contribution in [0, 0.1) is 5.92 Å². The van der Waals surface area contributed by atoms with E-state index in [1.165, 1.54) is 43.2 Å². The summed E-state index contributed by atoms with van der Waals surface area (Å²) < 4.78 is 0. The van der Waals surface area contributed by atoms with Crippen molar-refractivity contribution in [2.45, 2.75) is 50.2 Å². The summed E-state index contributed by atoms with van der Waals surface area (Å²) >= 11 is 0. The Bertz CT molecular complexity index is 998. The molecular weight excluding hydrogens is 390 g/mol. The highest BCUT2D eigenvalue weighted by Crippen LogP contribution is 2.49. The molecule has 1 saturated carbocycles. The molecular formula is C30H31NO. The first-order valence-corrected chi connectivity index (χ1v) is 12.0. The Morgan fingerprint density at radius 2 is 1.28 bits per heavy atom. The molecule has 3 atom stereocenters. The summed E-state index contributed by atoms with van der Waals surface area (Å²) in [5.74, 6) is 0.846. The van der Waals surface area contributed by atoms with Gasteiger partial charge in [0.15, 0.2) is 5.78 Å². The Morgan fingerprint density at radius 1 is 0.750 bits per heavy atom. The second-order valence-electron chi connectivity index (χ2n) is 9.15. The van der Waals surface area contributed by atoms with E-state index >= 15 is 0 Å². The van der Waals surface area contributed by atoms with E-state index in [0.717, 1.165) is 5.56 Å². The van der Waals surface area contributed by atoms with Gasteiger partial charge in [0, 0.05) is 6.04 Å². The van der Waals surface area contributed by atoms with Crippen LogP contribution in [0.25, 0.3) is 6.08 Å². The molecule has 0 radical (unpaired) electrons. The molecule has 3 aromatic carbocycles. The van der Waals surface area contributed by atoms with E-state index in [-0.39, 0.29) is 17.9 Å². The molecule has 3 unspecified atom stereocenters. The zero-order valence-corrected chi connectivity index (χ0v) is 18.5. The molecule has 2 fully saturated rings. The highest BCUT2D eigenvalue weighted by molar-refractivity contribution is 6.00. The number of benzene rings is 3. The van der Waals surface area contributed by atoms with Gasteiger partial charge in [-0.15, -0.1) is 0 Å². The lowest BCUT2D eigenvalue weighted by molar-refractivity contribution is -0.115. The minimum atomic E-state index is -0.0384. The van der Waals surface area contributed by atoms with E-state index < -0.39 is 0 Å². The van der Waals surface area contributed by atoms with Crippen molar-refractivity contribution in [2.24, 2.45) is 5.92 Å². The fraction of sp³-hybridized carbons (Fsp3) is 0.300. The van der Waals surface area contributed by atoms with Gasteiger partial charge in [0.1, 0.15) is 0 Å². The zero-order chi connectivity index (χ0) is 21.8. The van der Waals surface area contributed by atoms with Crippen LogP contribution in [0.15, 0.2) is 97.1 Å². The third-order valence-electron chi connectivity index (χ3n) is 7.09. The number of hydrogen-bond donors (Lipinski definition) is 0. The van der Waals surface area contributed by atoms with Gasteiger partial charge >= 0.3 is 0 Å². The molecule has 1 aliphatic heterocycles. The first-order valence-electron chi connectivity index (χ1n) is 12.0. The zero-order valence-electron chi connectivity index (χ0n) is 18.5. The number of hydrogen-bond acceptors (Lipinski definition) is 2. The fourth-order valence-electron chi connectivity index (χ4n) is 5.54. The van der Waals surface area contributed by atoms with Crippen molar-refractivity contribution in [3.63, 3.8) is 0 Å². The van der Waals surface area contributed by atoms with Crippen LogP contribution >= 0.6 is 0 Å². The van der Waals surface area contributed by atoms with Crippen molar-refractivity contribution in [1.29, 1.82) is 0 Å². The van der Waals surface area contributed by atoms with E-state index in [0.29, 0.717) is 12.0 Å². The number of carbonyl (C=O) groups excluding carboxylic acids is 1. The van der Waals surface area contributed by atoms with E-state index in [9.17, 15) is 4.79 Å². The molecule has 0 bridgehead atoms. The standard InChI is InChI=1S/C30H31NO/c32-27(22-21-23-13-5-1-6-14-23)30-29(26-19-11-4-12-20-26)31(30)28(24-15-7-2-8-16-24)25-17-9-3-10-18-25/h1-3,5-10,13-18,21-22,26,28-30H,4,11-12,19-20H2/b22-21+. The average Bonchev–Trinajstić information content (AvgIpc) is 3.60. The lowest BCUT2D eigenvalue weighted by atomic mass is 9.85. The number of ketones is 1. The van der Waals surface area contributed by atoms with Crippen molar-refractivity contribution >= 4 is 11.9 Å². The van der Waals surface area contributed by atoms with Gasteiger partial charge in [-0.1, -0.05) is 116 Å². The summed E-state index contributed by atoms with van der Waals surface area (Å²) in [5.41, 5.74) is 3.61. The summed E-state index contributed by atoms with van der Waals surface area (Å²) in [6.45, 7) is 0. The molecule has 3 aromatic rings. The molecule has 162 valence electrons. The van der Waals surface area contributed by atoms with Gasteiger partial charge in [-0.3, -0.25) is 9.69 Å². The van der Waals surface area contributed by atoms with Crippen molar-refractivity contribution < 1.29 is 4.79 Å². The highest BCUT2D eigenvalue weighted by atomic mass is 16.1. The molecule has 2 heteroatoms. The van der Waals surface area contributed by atoms with Crippen LogP contribution in [0.3, 0.4) is 0 Å². The predicted molar refractivity (Wildman–Crippen MR) is 131 cm³/mol. The maximum Gasteiger partial charge on any atom is 0.174 e. The summed E-state index contributed by atoms with van der Waals surface area (Å²) in [6, 6.07) is 31.9. The van der Waals surface area contributed by atoms with Crippen LogP contribution in [0.2, 0.25) is 0 Å². The highest BCUT2D eigenvalue weighted by Gasteiger charge is 2.58. The smallest absolute Gasteiger partial charge is 0.174 e. The van der Waals surface area contributed by atoms with Gasteiger partial charge in [-0.05, 0) is 41.5 Å². The van der Waals surface area contributed by atoms with Gasteiger partial charge < -0.3 is 0 Å². The van der Waals surface area contributed by atoms with Gasteiger partial charge in [0.25, 0.3) is 0 Å². The molecule has 0 spiro atoms. The van der Waals surface area contributed by atoms with E-state index in [1.54, 1.807) is 0 Å². The van der Waals surface area contributed by atoms with Crippen LogP contribution in [0.4, 0.5) is 0 Å². The second kappa shape index (κ2) is 9.67. The average molecular weight is 422 g/mol. The molecule has 5 rings (SSSR count). The lowest BCUT2D eigenvalue weighted by Gasteiger charge is -2.25. The fourth-order valence-corrected chi connectivity index (χ4v) is 5.54. The molecule has 2 aliphatic rings. The van der Waals surface area contributed by atoms with Crippen LogP contribution in [-0.4, -0.2) is 22.8 Å². The number of carbonyl (C=O) groups is 1. The minimum absolute atomic E-state index is 0.0384. The molecule has 2 nitrogen and oxygen atoms in total. The summed E-state index contributed by atoms with van der Waals surface area (Å²) in [5, 5.41) is 0. The topological polar surface area (TPSA) is 20.1 Å². The van der Waals surface area contributed by atoms with Gasteiger partial charge in [-0.2, -0.15) is 0 Å². The van der Waals surface area contributed by atoms with Gasteiger partial charge in [0.05, 0.1) is 12.1 Å². The van der Waals surface area contributed by atoms with E-state index in [2.05, 4.69) is 65.6 Å². The van der Waals surface area contributed by atoms with Crippen molar-refractivity contribution in [1.82, 2.24) is 4.90 Å². The number of nitrogens with zero attached hydrogens (tertiary/aromatic N) is 1. The van der Waals surface area contributed by atoms with Crippen LogP contribution < -0.4 is 0 Å².